The van der Waals surface area contributed by atoms with Gasteiger partial charge in [-0.3, -0.25) is 4.90 Å². The minimum atomic E-state index is -0.287. The van der Waals surface area contributed by atoms with Crippen LogP contribution in [0.25, 0.3) is 0 Å². The lowest BCUT2D eigenvalue weighted by Crippen LogP contribution is -2.24. The zero-order valence-corrected chi connectivity index (χ0v) is 13.1. The third kappa shape index (κ3) is 3.46. The molecule has 1 aliphatic heterocycles. The number of nitrogens with zero attached hydrogens (tertiary/aromatic N) is 1. The van der Waals surface area contributed by atoms with Crippen molar-refractivity contribution in [2.45, 2.75) is 20.1 Å². The van der Waals surface area contributed by atoms with Crippen molar-refractivity contribution in [3.63, 3.8) is 0 Å². The molecule has 3 rings (SSSR count). The van der Waals surface area contributed by atoms with Crippen LogP contribution in [-0.4, -0.2) is 24.4 Å². The molecule has 23 heavy (non-hydrogen) atoms. The summed E-state index contributed by atoms with van der Waals surface area (Å²) in [6, 6.07) is 13.8. The summed E-state index contributed by atoms with van der Waals surface area (Å²) in [5.74, 6) is 0. The van der Waals surface area contributed by atoms with Crippen LogP contribution >= 0.6 is 0 Å². The molecule has 5 nitrogen and oxygen atoms in total. The Bertz CT molecular complexity index is 698. The maximum Gasteiger partial charge on any atom is 0.414 e. The number of aliphatic hydroxyl groups excluding tert-OH is 1. The minimum absolute atomic E-state index is 0.0565. The number of amides is 1. The van der Waals surface area contributed by atoms with Crippen molar-refractivity contribution in [2.24, 2.45) is 0 Å². The van der Waals surface area contributed by atoms with Gasteiger partial charge in [-0.05, 0) is 35.7 Å². The normalized spacial score (nSPS) is 14.0. The number of rotatable bonds is 5. The molecule has 0 radical (unpaired) electrons. The Morgan fingerprint density at radius 3 is 2.57 bits per heavy atom. The lowest BCUT2D eigenvalue weighted by molar-refractivity contribution is 0.181. The summed E-state index contributed by atoms with van der Waals surface area (Å²) in [6.07, 6.45) is -0.287. The zero-order chi connectivity index (χ0) is 16.2. The number of aryl methyl sites for hydroxylation is 1. The van der Waals surface area contributed by atoms with Gasteiger partial charge in [-0.25, -0.2) is 4.79 Å². The molecule has 120 valence electrons. The molecule has 0 spiro atoms. The van der Waals surface area contributed by atoms with Gasteiger partial charge in [0.1, 0.15) is 6.61 Å². The Hall–Kier alpha value is -2.53. The largest absolute Gasteiger partial charge is 0.447 e. The summed E-state index contributed by atoms with van der Waals surface area (Å²) in [4.78, 5) is 13.4. The Morgan fingerprint density at radius 1 is 1.17 bits per heavy atom. The highest BCUT2D eigenvalue weighted by atomic mass is 16.6. The first-order valence-corrected chi connectivity index (χ1v) is 7.65. The van der Waals surface area contributed by atoms with Gasteiger partial charge in [0, 0.05) is 12.2 Å². The fourth-order valence-corrected chi connectivity index (χ4v) is 2.59. The molecule has 1 fully saturated rings. The lowest BCUT2D eigenvalue weighted by atomic mass is 10.1. The first-order chi connectivity index (χ1) is 11.2. The molecule has 0 aromatic heterocycles. The van der Waals surface area contributed by atoms with Gasteiger partial charge in [-0.15, -0.1) is 0 Å². The first kappa shape index (κ1) is 15.4. The van der Waals surface area contributed by atoms with Crippen LogP contribution in [0.3, 0.4) is 0 Å². The number of hydrogen-bond acceptors (Lipinski definition) is 4. The second kappa shape index (κ2) is 6.71. The van der Waals surface area contributed by atoms with Crippen LogP contribution in [0, 0.1) is 6.92 Å². The van der Waals surface area contributed by atoms with E-state index in [4.69, 9.17) is 9.84 Å². The molecule has 5 heteroatoms. The molecule has 2 aromatic rings. The Morgan fingerprint density at radius 2 is 1.91 bits per heavy atom. The SMILES string of the molecule is Cc1ccc(NCc2ccc(CO)cc2)cc1N1CCOC1=O. The Labute approximate surface area is 135 Å². The monoisotopic (exact) mass is 312 g/mol. The van der Waals surface area contributed by atoms with Gasteiger partial charge in [-0.2, -0.15) is 0 Å². The molecule has 1 heterocycles. The smallest absolute Gasteiger partial charge is 0.414 e. The standard InChI is InChI=1S/C18H20N2O3/c1-13-2-7-16(10-17(13)20-8-9-23-18(20)22)19-11-14-3-5-15(12-21)6-4-14/h2-7,10,19,21H,8-9,11-12H2,1H3. The van der Waals surface area contributed by atoms with E-state index in [1.807, 2.05) is 49.4 Å². The second-order valence-electron chi connectivity index (χ2n) is 5.60. The van der Waals surface area contributed by atoms with Crippen molar-refractivity contribution >= 4 is 17.5 Å². The molecule has 1 aliphatic rings. The molecule has 1 amide bonds. The van der Waals surface area contributed by atoms with E-state index in [-0.39, 0.29) is 12.7 Å². The molecule has 0 unspecified atom stereocenters. The number of ether oxygens (including phenoxy) is 1. The lowest BCUT2D eigenvalue weighted by Gasteiger charge is -2.17. The van der Waals surface area contributed by atoms with E-state index >= 15 is 0 Å². The summed E-state index contributed by atoms with van der Waals surface area (Å²) >= 11 is 0. The summed E-state index contributed by atoms with van der Waals surface area (Å²) < 4.78 is 5.01. The fourth-order valence-electron chi connectivity index (χ4n) is 2.59. The van der Waals surface area contributed by atoms with Crippen molar-refractivity contribution < 1.29 is 14.6 Å². The third-order valence-corrected chi connectivity index (χ3v) is 3.96. The van der Waals surface area contributed by atoms with Gasteiger partial charge in [0.05, 0.1) is 18.8 Å². The van der Waals surface area contributed by atoms with E-state index in [1.54, 1.807) is 4.90 Å². The van der Waals surface area contributed by atoms with Gasteiger partial charge in [0.25, 0.3) is 0 Å². The Kier molecular flexibility index (Phi) is 4.48. The van der Waals surface area contributed by atoms with Gasteiger partial charge in [-0.1, -0.05) is 30.3 Å². The molecule has 0 atom stereocenters. The second-order valence-corrected chi connectivity index (χ2v) is 5.60. The summed E-state index contributed by atoms with van der Waals surface area (Å²) in [6.45, 7) is 3.75. The molecular formula is C18H20N2O3. The molecule has 2 aromatic carbocycles. The van der Waals surface area contributed by atoms with E-state index < -0.39 is 0 Å². The van der Waals surface area contributed by atoms with Crippen molar-refractivity contribution in [1.29, 1.82) is 0 Å². The van der Waals surface area contributed by atoms with Crippen LogP contribution in [0.4, 0.5) is 16.2 Å². The first-order valence-electron chi connectivity index (χ1n) is 7.65. The highest BCUT2D eigenvalue weighted by Gasteiger charge is 2.24. The van der Waals surface area contributed by atoms with Crippen LogP contribution in [0.1, 0.15) is 16.7 Å². The van der Waals surface area contributed by atoms with E-state index in [1.165, 1.54) is 0 Å². The van der Waals surface area contributed by atoms with Crippen molar-refractivity contribution in [1.82, 2.24) is 0 Å². The highest BCUT2D eigenvalue weighted by molar-refractivity contribution is 5.91. The summed E-state index contributed by atoms with van der Waals surface area (Å²) in [5, 5.41) is 12.4. The van der Waals surface area contributed by atoms with Gasteiger partial charge < -0.3 is 15.2 Å². The molecule has 2 N–H and O–H groups in total. The van der Waals surface area contributed by atoms with Crippen LogP contribution in [-0.2, 0) is 17.9 Å². The number of carbonyl (C=O) groups excluding carboxylic acids is 1. The van der Waals surface area contributed by atoms with Crippen LogP contribution < -0.4 is 10.2 Å². The average molecular weight is 312 g/mol. The maximum atomic E-state index is 11.7. The van der Waals surface area contributed by atoms with Gasteiger partial charge in [0.2, 0.25) is 0 Å². The van der Waals surface area contributed by atoms with E-state index in [0.29, 0.717) is 19.7 Å². The predicted octanol–water partition coefficient (Wildman–Crippen LogP) is 3.06. The van der Waals surface area contributed by atoms with Crippen molar-refractivity contribution in [3.05, 3.63) is 59.2 Å². The van der Waals surface area contributed by atoms with Crippen LogP contribution in [0.15, 0.2) is 42.5 Å². The molecule has 1 saturated heterocycles. The van der Waals surface area contributed by atoms with E-state index in [9.17, 15) is 4.79 Å². The van der Waals surface area contributed by atoms with Crippen LogP contribution in [0.5, 0.6) is 0 Å². The number of hydrogen-bond donors (Lipinski definition) is 2. The number of cyclic esters (lactones) is 1. The van der Waals surface area contributed by atoms with E-state index in [0.717, 1.165) is 28.1 Å². The number of benzene rings is 2. The minimum Gasteiger partial charge on any atom is -0.447 e. The molecular weight excluding hydrogens is 292 g/mol. The highest BCUT2D eigenvalue weighted by Crippen LogP contribution is 2.27. The number of anilines is 2. The number of carbonyl (C=O) groups is 1. The van der Waals surface area contributed by atoms with Gasteiger partial charge >= 0.3 is 6.09 Å². The zero-order valence-electron chi connectivity index (χ0n) is 13.1. The number of nitrogens with one attached hydrogen (secondary N) is 1. The van der Waals surface area contributed by atoms with Crippen molar-refractivity contribution in [2.75, 3.05) is 23.4 Å². The maximum absolute atomic E-state index is 11.7. The summed E-state index contributed by atoms with van der Waals surface area (Å²) in [5.41, 5.74) is 4.91. The fraction of sp³-hybridized carbons (Fsp3) is 0.278. The van der Waals surface area contributed by atoms with Gasteiger partial charge in [0.15, 0.2) is 0 Å². The molecule has 0 aliphatic carbocycles. The van der Waals surface area contributed by atoms with Crippen LogP contribution in [0.2, 0.25) is 0 Å². The molecule has 0 bridgehead atoms. The third-order valence-electron chi connectivity index (χ3n) is 3.96. The summed E-state index contributed by atoms with van der Waals surface area (Å²) in [7, 11) is 0. The predicted molar refractivity (Wildman–Crippen MR) is 89.6 cm³/mol. The molecule has 0 saturated carbocycles. The number of aliphatic hydroxyl groups is 1. The topological polar surface area (TPSA) is 61.8 Å². The average Bonchev–Trinajstić information content (AvgIpc) is 3.00. The quantitative estimate of drug-likeness (QED) is 0.891. The van der Waals surface area contributed by atoms with Crippen molar-refractivity contribution in [3.8, 4) is 0 Å². The van der Waals surface area contributed by atoms with E-state index in [2.05, 4.69) is 5.32 Å². The Balaban J connectivity index is 1.71.